The third-order valence-corrected chi connectivity index (χ3v) is 2.74. The average Bonchev–Trinajstić information content (AvgIpc) is 2.90. The number of nitrogens with zero attached hydrogens (tertiary/aromatic N) is 2. The van der Waals surface area contributed by atoms with Gasteiger partial charge in [-0.05, 0) is 12.1 Å². The molecule has 8 heteroatoms. The number of nitrogens with one attached hydrogen (secondary N) is 2. The molecule has 21 heavy (non-hydrogen) atoms. The number of anilines is 1. The quantitative estimate of drug-likeness (QED) is 0.799. The van der Waals surface area contributed by atoms with Crippen molar-refractivity contribution in [3.63, 3.8) is 0 Å². The summed E-state index contributed by atoms with van der Waals surface area (Å²) >= 11 is 0. The van der Waals surface area contributed by atoms with Gasteiger partial charge in [-0.25, -0.2) is 14.2 Å². The molecule has 110 valence electrons. The van der Waals surface area contributed by atoms with Crippen molar-refractivity contribution < 1.29 is 19.1 Å². The molecule has 0 bridgehead atoms. The molecule has 0 spiro atoms. The minimum absolute atomic E-state index is 0.0436. The molecule has 7 nitrogen and oxygen atoms in total. The molecule has 1 heterocycles. The molecule has 0 fully saturated rings. The fourth-order valence-corrected chi connectivity index (χ4v) is 1.63. The first kappa shape index (κ1) is 14.6. The van der Waals surface area contributed by atoms with E-state index in [2.05, 4.69) is 20.5 Å². The number of hydrogen-bond acceptors (Lipinski definition) is 4. The molecule has 0 aliphatic heterocycles. The number of amides is 1. The fraction of sp³-hybridized carbons (Fsp3) is 0.231. The molecule has 0 atom stereocenters. The molecule has 3 N–H and O–H groups in total. The Balaban J connectivity index is 2.29. The number of rotatable bonds is 4. The van der Waals surface area contributed by atoms with Crippen LogP contribution in [0.2, 0.25) is 0 Å². The lowest BCUT2D eigenvalue weighted by molar-refractivity contribution is 0.0697. The lowest BCUT2D eigenvalue weighted by Gasteiger charge is -2.07. The van der Waals surface area contributed by atoms with Gasteiger partial charge in [0.05, 0.1) is 11.3 Å². The monoisotopic (exact) mass is 292 g/mol. The van der Waals surface area contributed by atoms with Gasteiger partial charge in [-0.3, -0.25) is 9.89 Å². The van der Waals surface area contributed by atoms with Crippen LogP contribution in [0.5, 0.6) is 0 Å². The largest absolute Gasteiger partial charge is 0.478 e. The molecule has 2 aromatic rings. The maximum absolute atomic E-state index is 13.7. The fourth-order valence-electron chi connectivity index (χ4n) is 1.63. The number of aromatic nitrogens is 3. The standard InChI is InChI=1S/C13H13FN4O3/c1-6(2)10-16-11(18-17-10)12(19)15-9-7(13(20)21)4-3-5-8(9)14/h3-6H,1-2H3,(H,15,19)(H,20,21)(H,16,17,18). The Bertz CT molecular complexity index is 696. The highest BCUT2D eigenvalue weighted by atomic mass is 19.1. The summed E-state index contributed by atoms with van der Waals surface area (Å²) < 4.78 is 13.7. The number of aromatic carboxylic acids is 1. The van der Waals surface area contributed by atoms with E-state index in [-0.39, 0.29) is 17.3 Å². The van der Waals surface area contributed by atoms with Crippen LogP contribution < -0.4 is 5.32 Å². The zero-order valence-electron chi connectivity index (χ0n) is 11.3. The van der Waals surface area contributed by atoms with Gasteiger partial charge in [0.2, 0.25) is 5.82 Å². The summed E-state index contributed by atoms with van der Waals surface area (Å²) in [6.07, 6.45) is 0. The summed E-state index contributed by atoms with van der Waals surface area (Å²) in [6.45, 7) is 3.73. The van der Waals surface area contributed by atoms with Crippen molar-refractivity contribution >= 4 is 17.6 Å². The van der Waals surface area contributed by atoms with E-state index in [0.717, 1.165) is 6.07 Å². The lowest BCUT2D eigenvalue weighted by atomic mass is 10.1. The van der Waals surface area contributed by atoms with Gasteiger partial charge in [-0.1, -0.05) is 19.9 Å². The molecule has 0 aliphatic carbocycles. The first-order valence-corrected chi connectivity index (χ1v) is 6.15. The van der Waals surface area contributed by atoms with Crippen LogP contribution in [0, 0.1) is 5.82 Å². The number of carbonyl (C=O) groups excluding carboxylic acids is 1. The molecule has 0 unspecified atom stereocenters. The van der Waals surface area contributed by atoms with Crippen LogP contribution in [-0.2, 0) is 0 Å². The first-order chi connectivity index (χ1) is 9.90. The zero-order chi connectivity index (χ0) is 15.6. The van der Waals surface area contributed by atoms with E-state index >= 15 is 0 Å². The Morgan fingerprint density at radius 1 is 1.38 bits per heavy atom. The highest BCUT2D eigenvalue weighted by molar-refractivity contribution is 6.05. The van der Waals surface area contributed by atoms with Crippen LogP contribution in [0.15, 0.2) is 18.2 Å². The van der Waals surface area contributed by atoms with Crippen molar-refractivity contribution in [1.82, 2.24) is 15.2 Å². The van der Waals surface area contributed by atoms with Gasteiger partial charge in [0.25, 0.3) is 5.91 Å². The van der Waals surface area contributed by atoms with Gasteiger partial charge < -0.3 is 10.4 Å². The number of carboxylic acids is 1. The number of carbonyl (C=O) groups is 2. The van der Waals surface area contributed by atoms with Crippen LogP contribution >= 0.6 is 0 Å². The van der Waals surface area contributed by atoms with Gasteiger partial charge in [0.1, 0.15) is 11.6 Å². The SMILES string of the molecule is CC(C)c1nc(C(=O)Nc2c(F)cccc2C(=O)O)n[nH]1. The number of halogens is 1. The highest BCUT2D eigenvalue weighted by Gasteiger charge is 2.20. The van der Waals surface area contributed by atoms with Crippen molar-refractivity contribution in [2.24, 2.45) is 0 Å². The summed E-state index contributed by atoms with van der Waals surface area (Å²) in [5, 5.41) is 17.5. The van der Waals surface area contributed by atoms with E-state index in [1.165, 1.54) is 12.1 Å². The lowest BCUT2D eigenvalue weighted by Crippen LogP contribution is -2.17. The predicted molar refractivity (Wildman–Crippen MR) is 71.8 cm³/mol. The summed E-state index contributed by atoms with van der Waals surface area (Å²) in [6, 6.07) is 3.50. The van der Waals surface area contributed by atoms with Crippen molar-refractivity contribution in [2.75, 3.05) is 5.32 Å². The first-order valence-electron chi connectivity index (χ1n) is 6.15. The van der Waals surface area contributed by atoms with Crippen LogP contribution in [0.25, 0.3) is 0 Å². The Hall–Kier alpha value is -2.77. The molecular weight excluding hydrogens is 279 g/mol. The second-order valence-corrected chi connectivity index (χ2v) is 4.62. The Morgan fingerprint density at radius 2 is 2.10 bits per heavy atom. The minimum Gasteiger partial charge on any atom is -0.478 e. The Kier molecular flexibility index (Phi) is 3.97. The summed E-state index contributed by atoms with van der Waals surface area (Å²) in [5.41, 5.74) is -0.756. The van der Waals surface area contributed by atoms with Gasteiger partial charge >= 0.3 is 5.97 Å². The maximum atomic E-state index is 13.7. The molecule has 0 aliphatic rings. The van der Waals surface area contributed by atoms with Gasteiger partial charge in [0, 0.05) is 5.92 Å². The van der Waals surface area contributed by atoms with Crippen molar-refractivity contribution in [2.45, 2.75) is 19.8 Å². The van der Waals surface area contributed by atoms with Crippen molar-refractivity contribution in [1.29, 1.82) is 0 Å². The third-order valence-electron chi connectivity index (χ3n) is 2.74. The van der Waals surface area contributed by atoms with E-state index in [9.17, 15) is 14.0 Å². The van der Waals surface area contributed by atoms with Gasteiger partial charge in [-0.15, -0.1) is 5.10 Å². The topological polar surface area (TPSA) is 108 Å². The Labute approximate surface area is 119 Å². The normalized spacial score (nSPS) is 10.7. The number of para-hydroxylation sites is 1. The second-order valence-electron chi connectivity index (χ2n) is 4.62. The average molecular weight is 292 g/mol. The number of carboxylic acid groups (broad SMARTS) is 1. The van der Waals surface area contributed by atoms with E-state index in [1.54, 1.807) is 0 Å². The van der Waals surface area contributed by atoms with E-state index in [4.69, 9.17) is 5.11 Å². The molecule has 0 radical (unpaired) electrons. The van der Waals surface area contributed by atoms with E-state index < -0.39 is 23.4 Å². The van der Waals surface area contributed by atoms with Crippen LogP contribution in [-0.4, -0.2) is 32.2 Å². The summed E-state index contributed by atoms with van der Waals surface area (Å²) in [5.74, 6) is -2.61. The van der Waals surface area contributed by atoms with Gasteiger partial charge in [-0.2, -0.15) is 0 Å². The molecule has 1 amide bonds. The molecule has 2 rings (SSSR count). The highest BCUT2D eigenvalue weighted by Crippen LogP contribution is 2.20. The van der Waals surface area contributed by atoms with E-state index in [0.29, 0.717) is 5.82 Å². The number of hydrogen-bond donors (Lipinski definition) is 3. The van der Waals surface area contributed by atoms with Gasteiger partial charge in [0.15, 0.2) is 0 Å². The maximum Gasteiger partial charge on any atom is 0.337 e. The number of benzene rings is 1. The number of H-pyrrole nitrogens is 1. The van der Waals surface area contributed by atoms with Crippen LogP contribution in [0.3, 0.4) is 0 Å². The summed E-state index contributed by atoms with van der Waals surface area (Å²) in [4.78, 5) is 27.0. The summed E-state index contributed by atoms with van der Waals surface area (Å²) in [7, 11) is 0. The Morgan fingerprint density at radius 3 is 2.67 bits per heavy atom. The van der Waals surface area contributed by atoms with Crippen molar-refractivity contribution in [3.8, 4) is 0 Å². The van der Waals surface area contributed by atoms with Crippen LogP contribution in [0.1, 0.15) is 46.6 Å². The molecule has 0 saturated carbocycles. The predicted octanol–water partition coefficient (Wildman–Crippen LogP) is 2.02. The van der Waals surface area contributed by atoms with E-state index in [1.807, 2.05) is 13.8 Å². The second kappa shape index (κ2) is 5.70. The van der Waals surface area contributed by atoms with Crippen molar-refractivity contribution in [3.05, 3.63) is 41.2 Å². The molecule has 0 saturated heterocycles. The van der Waals surface area contributed by atoms with Crippen LogP contribution in [0.4, 0.5) is 10.1 Å². The number of aromatic amines is 1. The molecule has 1 aromatic carbocycles. The molecular formula is C13H13FN4O3. The zero-order valence-corrected chi connectivity index (χ0v) is 11.3. The smallest absolute Gasteiger partial charge is 0.337 e. The third kappa shape index (κ3) is 3.04. The minimum atomic E-state index is -1.34. The molecule has 1 aromatic heterocycles.